The fourth-order valence-corrected chi connectivity index (χ4v) is 3.91. The molecule has 2 heterocycles. The summed E-state index contributed by atoms with van der Waals surface area (Å²) < 4.78 is 59.2. The van der Waals surface area contributed by atoms with Crippen LogP contribution in [0.5, 0.6) is 11.5 Å². The van der Waals surface area contributed by atoms with Crippen molar-refractivity contribution < 1.29 is 37.3 Å². The number of carboxylic acid groups (broad SMARTS) is 1. The van der Waals surface area contributed by atoms with Crippen molar-refractivity contribution in [3.05, 3.63) is 70.6 Å². The van der Waals surface area contributed by atoms with E-state index in [1.165, 1.54) is 32.4 Å². The number of benzene rings is 2. The van der Waals surface area contributed by atoms with E-state index in [1.54, 1.807) is 18.2 Å². The summed E-state index contributed by atoms with van der Waals surface area (Å²) in [7, 11) is 2.81. The number of fused-ring (bicyclic) bond motifs is 3. The Kier molecular flexibility index (Phi) is 5.89. The predicted octanol–water partition coefficient (Wildman–Crippen LogP) is 4.49. The van der Waals surface area contributed by atoms with Gasteiger partial charge >= 0.3 is 12.1 Å². The minimum atomic E-state index is -4.89. The maximum Gasteiger partial charge on any atom is 0.452 e. The van der Waals surface area contributed by atoms with Crippen molar-refractivity contribution in [3.8, 4) is 17.2 Å². The normalized spacial score (nSPS) is 17.2. The van der Waals surface area contributed by atoms with E-state index in [9.17, 15) is 23.1 Å². The first kappa shape index (κ1) is 23.1. The Morgan fingerprint density at radius 3 is 2.59 bits per heavy atom. The zero-order valence-electron chi connectivity index (χ0n) is 17.8. The molecule has 0 saturated carbocycles. The average Bonchev–Trinajstić information content (AvgIpc) is 3.21. The van der Waals surface area contributed by atoms with E-state index >= 15 is 0 Å². The Balaban J connectivity index is 2.06. The van der Waals surface area contributed by atoms with E-state index in [0.29, 0.717) is 11.3 Å². The quantitative estimate of drug-likeness (QED) is 0.544. The zero-order valence-corrected chi connectivity index (χ0v) is 17.8. The van der Waals surface area contributed by atoms with Crippen LogP contribution in [-0.2, 0) is 15.7 Å². The molecular formula is C22H17F3N4O5. The van der Waals surface area contributed by atoms with Gasteiger partial charge in [-0.25, -0.2) is 4.85 Å². The number of para-hydroxylation sites is 1. The van der Waals surface area contributed by atoms with Crippen molar-refractivity contribution >= 4 is 11.7 Å². The highest BCUT2D eigenvalue weighted by atomic mass is 19.4. The van der Waals surface area contributed by atoms with E-state index in [2.05, 4.69) is 15.0 Å². The van der Waals surface area contributed by atoms with Crippen molar-refractivity contribution in [1.29, 1.82) is 0 Å². The van der Waals surface area contributed by atoms with Crippen LogP contribution in [-0.4, -0.2) is 40.1 Å². The molecule has 34 heavy (non-hydrogen) atoms. The molecule has 0 fully saturated rings. The second kappa shape index (κ2) is 8.68. The standard InChI is InChI=1S/C22H17F3N4O5/c1-26-11-7-8-14-13(9-11)18(12-5-4-6-15(32-2)19(12)33-3)34-16(10-17(30)31)20-27-28-21(29(14)20)22(23,24)25/h4-9,16,18H,10H2,2-3H3,(H,30,31)/t16-,18-/m0/s1. The lowest BCUT2D eigenvalue weighted by atomic mass is 9.97. The zero-order chi connectivity index (χ0) is 24.6. The minimum absolute atomic E-state index is 0.00230. The summed E-state index contributed by atoms with van der Waals surface area (Å²) in [5, 5.41) is 16.4. The molecule has 12 heteroatoms. The lowest BCUT2D eigenvalue weighted by Gasteiger charge is -2.24. The molecule has 3 aromatic rings. The number of methoxy groups -OCH3 is 2. The molecule has 9 nitrogen and oxygen atoms in total. The van der Waals surface area contributed by atoms with Gasteiger partial charge in [-0.05, 0) is 23.8 Å². The predicted molar refractivity (Wildman–Crippen MR) is 110 cm³/mol. The number of carboxylic acids is 1. The van der Waals surface area contributed by atoms with Gasteiger partial charge in [0.2, 0.25) is 5.82 Å². The number of aromatic nitrogens is 3. The van der Waals surface area contributed by atoms with Crippen molar-refractivity contribution in [2.24, 2.45) is 0 Å². The van der Waals surface area contributed by atoms with E-state index in [-0.39, 0.29) is 28.5 Å². The molecule has 0 amide bonds. The van der Waals surface area contributed by atoms with Gasteiger partial charge in [0.05, 0.1) is 32.9 Å². The highest BCUT2D eigenvalue weighted by Crippen LogP contribution is 2.47. The molecule has 0 radical (unpaired) electrons. The van der Waals surface area contributed by atoms with Crippen LogP contribution in [0.25, 0.3) is 10.5 Å². The Morgan fingerprint density at radius 2 is 1.97 bits per heavy atom. The van der Waals surface area contributed by atoms with Crippen molar-refractivity contribution in [3.63, 3.8) is 0 Å². The van der Waals surface area contributed by atoms with Gasteiger partial charge in [0.15, 0.2) is 23.0 Å². The van der Waals surface area contributed by atoms with Gasteiger partial charge in [-0.15, -0.1) is 10.2 Å². The van der Waals surface area contributed by atoms with Crippen LogP contribution in [0.3, 0.4) is 0 Å². The summed E-state index contributed by atoms with van der Waals surface area (Å²) in [5.74, 6) is -2.39. The maximum atomic E-state index is 13.8. The molecule has 0 aliphatic carbocycles. The topological polar surface area (TPSA) is 100 Å². The summed E-state index contributed by atoms with van der Waals surface area (Å²) in [6.45, 7) is 7.37. The molecule has 0 unspecified atom stereocenters. The monoisotopic (exact) mass is 474 g/mol. The second-order valence-corrected chi connectivity index (χ2v) is 7.26. The molecule has 0 bridgehead atoms. The minimum Gasteiger partial charge on any atom is -0.493 e. The van der Waals surface area contributed by atoms with E-state index in [4.69, 9.17) is 20.8 Å². The Bertz CT molecular complexity index is 1300. The van der Waals surface area contributed by atoms with Crippen LogP contribution in [0.2, 0.25) is 0 Å². The van der Waals surface area contributed by atoms with E-state index in [0.717, 1.165) is 4.57 Å². The van der Waals surface area contributed by atoms with Crippen LogP contribution in [0, 0.1) is 6.57 Å². The first-order chi connectivity index (χ1) is 16.2. The summed E-state index contributed by atoms with van der Waals surface area (Å²) in [6.07, 6.45) is -8.08. The SMILES string of the molecule is [C-]#[N+]c1ccc2c(c1)[C@H](c1cccc(OC)c1OC)O[C@@H](CC(=O)O)c1nnc(C(F)(F)F)n1-2. The van der Waals surface area contributed by atoms with Gasteiger partial charge in [-0.2, -0.15) is 13.2 Å². The molecule has 1 aliphatic heterocycles. The third-order valence-corrected chi connectivity index (χ3v) is 5.27. The number of rotatable bonds is 5. The number of hydrogen-bond acceptors (Lipinski definition) is 6. The Labute approximate surface area is 191 Å². The fraction of sp³-hybridized carbons (Fsp3) is 0.273. The number of nitrogens with zero attached hydrogens (tertiary/aromatic N) is 4. The number of aliphatic carboxylic acids is 1. The fourth-order valence-electron chi connectivity index (χ4n) is 3.91. The molecule has 1 aliphatic rings. The van der Waals surface area contributed by atoms with Gasteiger partial charge < -0.3 is 19.3 Å². The molecule has 0 saturated heterocycles. The van der Waals surface area contributed by atoms with Gasteiger partial charge in [0, 0.05) is 5.56 Å². The first-order valence-corrected chi connectivity index (χ1v) is 9.82. The molecular weight excluding hydrogens is 457 g/mol. The first-order valence-electron chi connectivity index (χ1n) is 9.82. The third kappa shape index (κ3) is 3.90. The highest BCUT2D eigenvalue weighted by molar-refractivity contribution is 5.68. The van der Waals surface area contributed by atoms with Gasteiger partial charge in [0.25, 0.3) is 0 Å². The summed E-state index contributed by atoms with van der Waals surface area (Å²) >= 11 is 0. The molecule has 4 rings (SSSR count). The Morgan fingerprint density at radius 1 is 1.21 bits per heavy atom. The van der Waals surface area contributed by atoms with Gasteiger partial charge in [-0.1, -0.05) is 18.2 Å². The maximum absolute atomic E-state index is 13.8. The van der Waals surface area contributed by atoms with Crippen molar-refractivity contribution in [1.82, 2.24) is 14.8 Å². The average molecular weight is 474 g/mol. The number of alkyl halides is 3. The lowest BCUT2D eigenvalue weighted by molar-refractivity contribution is -0.146. The summed E-state index contributed by atoms with van der Waals surface area (Å²) in [6, 6.07) is 8.95. The highest BCUT2D eigenvalue weighted by Gasteiger charge is 2.43. The molecule has 1 N–H and O–H groups in total. The third-order valence-electron chi connectivity index (χ3n) is 5.27. The van der Waals surface area contributed by atoms with E-state index in [1.807, 2.05) is 0 Å². The van der Waals surface area contributed by atoms with Gasteiger partial charge in [-0.3, -0.25) is 9.36 Å². The molecule has 2 aromatic carbocycles. The van der Waals surface area contributed by atoms with Crippen molar-refractivity contribution in [2.75, 3.05) is 14.2 Å². The number of carbonyl (C=O) groups is 1. The van der Waals surface area contributed by atoms with Crippen LogP contribution in [0.1, 0.15) is 41.4 Å². The smallest absolute Gasteiger partial charge is 0.452 e. The van der Waals surface area contributed by atoms with Crippen LogP contribution < -0.4 is 9.47 Å². The molecule has 0 spiro atoms. The lowest BCUT2D eigenvalue weighted by Crippen LogP contribution is -2.17. The Hall–Kier alpha value is -4.11. The number of hydrogen-bond donors (Lipinski definition) is 1. The number of ether oxygens (including phenoxy) is 3. The van der Waals surface area contributed by atoms with Crippen LogP contribution in [0.15, 0.2) is 36.4 Å². The largest absolute Gasteiger partial charge is 0.493 e. The number of halogens is 3. The van der Waals surface area contributed by atoms with E-state index < -0.39 is 36.6 Å². The summed E-state index contributed by atoms with van der Waals surface area (Å²) in [5.41, 5.74) is 0.698. The summed E-state index contributed by atoms with van der Waals surface area (Å²) in [4.78, 5) is 15.0. The second-order valence-electron chi connectivity index (χ2n) is 7.26. The van der Waals surface area contributed by atoms with Crippen molar-refractivity contribution in [2.45, 2.75) is 24.8 Å². The molecule has 176 valence electrons. The molecule has 2 atom stereocenters. The van der Waals surface area contributed by atoms with Crippen LogP contribution in [0.4, 0.5) is 18.9 Å². The molecule has 1 aromatic heterocycles. The van der Waals surface area contributed by atoms with Crippen LogP contribution >= 0.6 is 0 Å². The van der Waals surface area contributed by atoms with Gasteiger partial charge in [0.1, 0.15) is 12.2 Å².